The maximum absolute atomic E-state index is 13.2. The number of hydrogen-bond acceptors (Lipinski definition) is 2. The van der Waals surface area contributed by atoms with Crippen LogP contribution in [0.1, 0.15) is 19.4 Å². The minimum absolute atomic E-state index is 0.00475. The van der Waals surface area contributed by atoms with E-state index in [1.807, 2.05) is 0 Å². The van der Waals surface area contributed by atoms with Crippen LogP contribution in [-0.2, 0) is 11.3 Å². The molecule has 88 valence electrons. The summed E-state index contributed by atoms with van der Waals surface area (Å²) in [5, 5.41) is 12.2. The molecule has 0 unspecified atom stereocenters. The molecule has 1 rings (SSSR count). The first kappa shape index (κ1) is 12.9. The van der Waals surface area contributed by atoms with Crippen LogP contribution in [0, 0.1) is 5.82 Å². The van der Waals surface area contributed by atoms with Gasteiger partial charge in [0.1, 0.15) is 11.4 Å². The molecule has 0 aliphatic heterocycles. The lowest BCUT2D eigenvalue weighted by Gasteiger charge is -2.16. The van der Waals surface area contributed by atoms with Crippen LogP contribution in [0.15, 0.2) is 18.2 Å². The molecule has 0 bridgehead atoms. The molecule has 0 atom stereocenters. The number of nitrogens with one attached hydrogen (secondary N) is 1. The van der Waals surface area contributed by atoms with Crippen molar-refractivity contribution in [2.24, 2.45) is 0 Å². The molecule has 0 fully saturated rings. The smallest absolute Gasteiger partial charge is 0.251 e. The lowest BCUT2D eigenvalue weighted by atomic mass is 10.1. The van der Waals surface area contributed by atoms with Crippen molar-refractivity contribution in [3.05, 3.63) is 34.6 Å². The maximum atomic E-state index is 13.2. The summed E-state index contributed by atoms with van der Waals surface area (Å²) >= 11 is 5.69. The average molecular weight is 246 g/mol. The summed E-state index contributed by atoms with van der Waals surface area (Å²) in [5.74, 6) is -1.01. The zero-order valence-corrected chi connectivity index (χ0v) is 9.81. The lowest BCUT2D eigenvalue weighted by Crippen LogP contribution is -2.41. The number of aliphatic hydroxyl groups is 1. The van der Waals surface area contributed by atoms with Crippen molar-refractivity contribution in [2.45, 2.75) is 26.0 Å². The topological polar surface area (TPSA) is 49.3 Å². The fraction of sp³-hybridized carbons (Fsp3) is 0.364. The molecule has 0 aromatic heterocycles. The minimum Gasteiger partial charge on any atom is -0.381 e. The van der Waals surface area contributed by atoms with Gasteiger partial charge in [0, 0.05) is 17.1 Å². The molecule has 0 heterocycles. The summed E-state index contributed by atoms with van der Waals surface area (Å²) in [5.41, 5.74) is -1.19. The van der Waals surface area contributed by atoms with Gasteiger partial charge in [0.25, 0.3) is 5.91 Å². The van der Waals surface area contributed by atoms with E-state index in [4.69, 9.17) is 11.6 Å². The Morgan fingerprint density at radius 2 is 2.19 bits per heavy atom. The van der Waals surface area contributed by atoms with Crippen molar-refractivity contribution >= 4 is 17.5 Å². The quantitative estimate of drug-likeness (QED) is 0.854. The number of hydrogen-bond donors (Lipinski definition) is 2. The molecular weight excluding hydrogens is 233 g/mol. The van der Waals surface area contributed by atoms with Gasteiger partial charge >= 0.3 is 0 Å². The highest BCUT2D eigenvalue weighted by Gasteiger charge is 2.23. The van der Waals surface area contributed by atoms with Crippen molar-refractivity contribution in [1.29, 1.82) is 0 Å². The molecule has 1 aromatic rings. The third kappa shape index (κ3) is 3.47. The van der Waals surface area contributed by atoms with Gasteiger partial charge in [0.15, 0.2) is 0 Å². The molecule has 0 aliphatic carbocycles. The van der Waals surface area contributed by atoms with Gasteiger partial charge in [-0.2, -0.15) is 0 Å². The SMILES string of the molecule is CC(C)(O)C(=O)NCc1cc(Cl)ccc1F. The fourth-order valence-corrected chi connectivity index (χ4v) is 1.27. The fourth-order valence-electron chi connectivity index (χ4n) is 1.07. The molecule has 3 nitrogen and oxygen atoms in total. The Morgan fingerprint density at radius 1 is 1.56 bits per heavy atom. The van der Waals surface area contributed by atoms with E-state index in [0.717, 1.165) is 0 Å². The van der Waals surface area contributed by atoms with Crippen LogP contribution in [0.5, 0.6) is 0 Å². The Kier molecular flexibility index (Phi) is 3.88. The molecule has 0 aliphatic rings. The molecule has 0 radical (unpaired) electrons. The number of halogens is 2. The summed E-state index contributed by atoms with van der Waals surface area (Å²) in [7, 11) is 0. The van der Waals surface area contributed by atoms with E-state index in [1.54, 1.807) is 0 Å². The van der Waals surface area contributed by atoms with Crippen LogP contribution in [0.25, 0.3) is 0 Å². The van der Waals surface area contributed by atoms with E-state index < -0.39 is 17.3 Å². The zero-order valence-electron chi connectivity index (χ0n) is 9.05. The molecule has 16 heavy (non-hydrogen) atoms. The van der Waals surface area contributed by atoms with Gasteiger partial charge in [-0.3, -0.25) is 4.79 Å². The van der Waals surface area contributed by atoms with Gasteiger partial charge in [-0.25, -0.2) is 4.39 Å². The highest BCUT2D eigenvalue weighted by atomic mass is 35.5. The third-order valence-electron chi connectivity index (χ3n) is 2.00. The average Bonchev–Trinajstić information content (AvgIpc) is 2.17. The van der Waals surface area contributed by atoms with Crippen molar-refractivity contribution in [1.82, 2.24) is 5.32 Å². The van der Waals surface area contributed by atoms with Crippen LogP contribution in [0.4, 0.5) is 4.39 Å². The van der Waals surface area contributed by atoms with E-state index in [1.165, 1.54) is 32.0 Å². The Hall–Kier alpha value is -1.13. The van der Waals surface area contributed by atoms with Gasteiger partial charge < -0.3 is 10.4 Å². The molecule has 0 spiro atoms. The van der Waals surface area contributed by atoms with E-state index in [9.17, 15) is 14.3 Å². The minimum atomic E-state index is -1.48. The summed E-state index contributed by atoms with van der Waals surface area (Å²) < 4.78 is 13.2. The summed E-state index contributed by atoms with van der Waals surface area (Å²) in [6.45, 7) is 2.71. The van der Waals surface area contributed by atoms with E-state index in [0.29, 0.717) is 5.02 Å². The van der Waals surface area contributed by atoms with E-state index in [2.05, 4.69) is 5.32 Å². The van der Waals surface area contributed by atoms with Crippen molar-refractivity contribution in [3.63, 3.8) is 0 Å². The Bertz CT molecular complexity index is 401. The first-order valence-corrected chi connectivity index (χ1v) is 5.13. The third-order valence-corrected chi connectivity index (χ3v) is 2.24. The predicted molar refractivity (Wildman–Crippen MR) is 59.6 cm³/mol. The first-order valence-electron chi connectivity index (χ1n) is 4.75. The van der Waals surface area contributed by atoms with Crippen molar-refractivity contribution in [2.75, 3.05) is 0 Å². The zero-order chi connectivity index (χ0) is 12.3. The number of benzene rings is 1. The number of amides is 1. The van der Waals surface area contributed by atoms with Crippen LogP contribution in [-0.4, -0.2) is 16.6 Å². The molecule has 0 saturated carbocycles. The normalized spacial score (nSPS) is 11.3. The molecule has 1 amide bonds. The van der Waals surface area contributed by atoms with Gasteiger partial charge in [-0.1, -0.05) is 11.6 Å². The second-order valence-electron chi connectivity index (χ2n) is 3.98. The second-order valence-corrected chi connectivity index (χ2v) is 4.41. The van der Waals surface area contributed by atoms with Crippen LogP contribution < -0.4 is 5.32 Å². The Balaban J connectivity index is 2.68. The highest BCUT2D eigenvalue weighted by molar-refractivity contribution is 6.30. The van der Waals surface area contributed by atoms with Crippen LogP contribution in [0.3, 0.4) is 0 Å². The van der Waals surface area contributed by atoms with Crippen molar-refractivity contribution < 1.29 is 14.3 Å². The van der Waals surface area contributed by atoms with Gasteiger partial charge in [0.2, 0.25) is 0 Å². The first-order chi connectivity index (χ1) is 7.30. The monoisotopic (exact) mass is 245 g/mol. The van der Waals surface area contributed by atoms with Gasteiger partial charge in [0.05, 0.1) is 0 Å². The standard InChI is InChI=1S/C11H13ClFNO2/c1-11(2,16)10(15)14-6-7-5-8(12)3-4-9(7)13/h3-5,16H,6H2,1-2H3,(H,14,15). The van der Waals surface area contributed by atoms with E-state index >= 15 is 0 Å². The van der Waals surface area contributed by atoms with Gasteiger partial charge in [-0.05, 0) is 32.0 Å². The molecule has 5 heteroatoms. The summed E-state index contributed by atoms with van der Waals surface area (Å²) in [4.78, 5) is 11.3. The molecule has 0 saturated heterocycles. The van der Waals surface area contributed by atoms with E-state index in [-0.39, 0.29) is 12.1 Å². The number of rotatable bonds is 3. The second kappa shape index (κ2) is 4.80. The predicted octanol–water partition coefficient (Wildman–Crippen LogP) is 1.87. The summed E-state index contributed by atoms with van der Waals surface area (Å²) in [6, 6.07) is 4.09. The van der Waals surface area contributed by atoms with Gasteiger partial charge in [-0.15, -0.1) is 0 Å². The van der Waals surface area contributed by atoms with Crippen LogP contribution >= 0.6 is 11.6 Å². The molecular formula is C11H13ClFNO2. The Morgan fingerprint density at radius 3 is 2.75 bits per heavy atom. The number of carbonyl (C=O) groups is 1. The van der Waals surface area contributed by atoms with Crippen LogP contribution in [0.2, 0.25) is 5.02 Å². The largest absolute Gasteiger partial charge is 0.381 e. The maximum Gasteiger partial charge on any atom is 0.251 e. The highest BCUT2D eigenvalue weighted by Crippen LogP contribution is 2.14. The van der Waals surface area contributed by atoms with Crippen molar-refractivity contribution in [3.8, 4) is 0 Å². The molecule has 1 aromatic carbocycles. The lowest BCUT2D eigenvalue weighted by molar-refractivity contribution is -0.136. The summed E-state index contributed by atoms with van der Waals surface area (Å²) in [6.07, 6.45) is 0. The molecule has 2 N–H and O–H groups in total. The number of carbonyl (C=O) groups excluding carboxylic acids is 1. The Labute approximate surface area is 98.2 Å².